The summed E-state index contributed by atoms with van der Waals surface area (Å²) >= 11 is 0. The second-order valence-electron chi connectivity index (χ2n) is 6.81. The van der Waals surface area contributed by atoms with Gasteiger partial charge in [0, 0.05) is 51.3 Å². The largest absolute Gasteiger partial charge is 0.385 e. The van der Waals surface area contributed by atoms with Crippen LogP contribution in [0.2, 0.25) is 0 Å². The number of carbonyl (C=O) groups excluding carboxylic acids is 1. The van der Waals surface area contributed by atoms with Crippen molar-refractivity contribution >= 4 is 5.91 Å². The molecule has 1 aromatic rings. The molecular formula is C17H26N4O2. The second-order valence-corrected chi connectivity index (χ2v) is 6.81. The Hall–Kier alpha value is -1.53. The standard InChI is InChI=1S/C17H26N4O2/c1-23-11-6-17(20-16(22)15-12-18-7-8-19-15)4-9-21(10-5-17)13-14-2-3-14/h7-8,12,14H,2-6,9-11,13H2,1H3,(H,20,22). The summed E-state index contributed by atoms with van der Waals surface area (Å²) < 4.78 is 5.27. The third-order valence-corrected chi connectivity index (χ3v) is 4.99. The average Bonchev–Trinajstić information content (AvgIpc) is 3.40. The molecule has 0 spiro atoms. The smallest absolute Gasteiger partial charge is 0.271 e. The number of carbonyl (C=O) groups is 1. The van der Waals surface area contributed by atoms with Crippen molar-refractivity contribution in [1.82, 2.24) is 20.2 Å². The van der Waals surface area contributed by atoms with Crippen LogP contribution in [0.4, 0.5) is 0 Å². The molecule has 0 unspecified atom stereocenters. The van der Waals surface area contributed by atoms with E-state index in [9.17, 15) is 4.79 Å². The van der Waals surface area contributed by atoms with Crippen LogP contribution in [-0.2, 0) is 4.74 Å². The highest BCUT2D eigenvalue weighted by Gasteiger charge is 2.37. The SMILES string of the molecule is COCCC1(NC(=O)c2cnccn2)CCN(CC2CC2)CC1. The molecular weight excluding hydrogens is 292 g/mol. The van der Waals surface area contributed by atoms with Gasteiger partial charge in [-0.3, -0.25) is 9.78 Å². The van der Waals surface area contributed by atoms with Crippen LogP contribution >= 0.6 is 0 Å². The van der Waals surface area contributed by atoms with Gasteiger partial charge in [-0.1, -0.05) is 0 Å². The molecule has 6 nitrogen and oxygen atoms in total. The van der Waals surface area contributed by atoms with Crippen LogP contribution in [0.3, 0.4) is 0 Å². The fraction of sp³-hybridized carbons (Fsp3) is 0.706. The van der Waals surface area contributed by atoms with E-state index >= 15 is 0 Å². The molecule has 2 aliphatic rings. The number of amides is 1. The summed E-state index contributed by atoms with van der Waals surface area (Å²) in [5.74, 6) is 0.778. The number of nitrogens with zero attached hydrogens (tertiary/aromatic N) is 3. The van der Waals surface area contributed by atoms with Crippen molar-refractivity contribution in [2.24, 2.45) is 5.92 Å². The first-order chi connectivity index (χ1) is 11.2. The van der Waals surface area contributed by atoms with Crippen LogP contribution in [0.25, 0.3) is 0 Å². The summed E-state index contributed by atoms with van der Waals surface area (Å²) in [5, 5.41) is 3.22. The molecule has 0 bridgehead atoms. The lowest BCUT2D eigenvalue weighted by Gasteiger charge is -2.42. The molecule has 2 heterocycles. The first-order valence-electron chi connectivity index (χ1n) is 8.51. The van der Waals surface area contributed by atoms with Gasteiger partial charge in [0.1, 0.15) is 5.69 Å². The zero-order valence-corrected chi connectivity index (χ0v) is 13.8. The fourth-order valence-corrected chi connectivity index (χ4v) is 3.29. The maximum atomic E-state index is 12.5. The summed E-state index contributed by atoms with van der Waals surface area (Å²) in [6.45, 7) is 3.96. The number of hydrogen-bond donors (Lipinski definition) is 1. The number of ether oxygens (including phenoxy) is 1. The molecule has 1 N–H and O–H groups in total. The van der Waals surface area contributed by atoms with Crippen LogP contribution in [-0.4, -0.2) is 59.7 Å². The lowest BCUT2D eigenvalue weighted by Crippen LogP contribution is -2.56. The highest BCUT2D eigenvalue weighted by atomic mass is 16.5. The highest BCUT2D eigenvalue weighted by molar-refractivity contribution is 5.92. The maximum Gasteiger partial charge on any atom is 0.271 e. The summed E-state index contributed by atoms with van der Waals surface area (Å²) in [6.07, 6.45) is 10.2. The minimum Gasteiger partial charge on any atom is -0.385 e. The molecule has 2 fully saturated rings. The Balaban J connectivity index is 1.61. The molecule has 3 rings (SSSR count). The molecule has 1 aliphatic carbocycles. The quantitative estimate of drug-likeness (QED) is 0.825. The monoisotopic (exact) mass is 318 g/mol. The van der Waals surface area contributed by atoms with Gasteiger partial charge in [-0.25, -0.2) is 4.98 Å². The van der Waals surface area contributed by atoms with Crippen molar-refractivity contribution in [2.75, 3.05) is 33.4 Å². The van der Waals surface area contributed by atoms with E-state index in [2.05, 4.69) is 20.2 Å². The number of piperidine rings is 1. The molecule has 6 heteroatoms. The van der Waals surface area contributed by atoms with Crippen molar-refractivity contribution in [3.05, 3.63) is 24.3 Å². The first-order valence-corrected chi connectivity index (χ1v) is 8.51. The van der Waals surface area contributed by atoms with Crippen LogP contribution in [0.5, 0.6) is 0 Å². The van der Waals surface area contributed by atoms with Gasteiger partial charge < -0.3 is 15.0 Å². The van der Waals surface area contributed by atoms with Crippen molar-refractivity contribution in [3.8, 4) is 0 Å². The topological polar surface area (TPSA) is 67.3 Å². The van der Waals surface area contributed by atoms with Crippen LogP contribution in [0, 0.1) is 5.92 Å². The Morgan fingerprint density at radius 3 is 2.78 bits per heavy atom. The van der Waals surface area contributed by atoms with E-state index in [4.69, 9.17) is 4.74 Å². The van der Waals surface area contributed by atoms with E-state index in [0.29, 0.717) is 12.3 Å². The number of methoxy groups -OCH3 is 1. The molecule has 1 aromatic heterocycles. The molecule has 0 radical (unpaired) electrons. The number of likely N-dealkylation sites (tertiary alicyclic amines) is 1. The van der Waals surface area contributed by atoms with Crippen LogP contribution in [0.15, 0.2) is 18.6 Å². The fourth-order valence-electron chi connectivity index (χ4n) is 3.29. The van der Waals surface area contributed by atoms with Gasteiger partial charge in [-0.15, -0.1) is 0 Å². The number of nitrogens with one attached hydrogen (secondary N) is 1. The Bertz CT molecular complexity index is 511. The highest BCUT2D eigenvalue weighted by Crippen LogP contribution is 2.33. The molecule has 1 amide bonds. The Morgan fingerprint density at radius 1 is 1.39 bits per heavy atom. The average molecular weight is 318 g/mol. The van der Waals surface area contributed by atoms with E-state index in [1.54, 1.807) is 19.5 Å². The van der Waals surface area contributed by atoms with E-state index in [0.717, 1.165) is 38.3 Å². The van der Waals surface area contributed by atoms with Gasteiger partial charge >= 0.3 is 0 Å². The van der Waals surface area contributed by atoms with Gasteiger partial charge in [0.25, 0.3) is 5.91 Å². The van der Waals surface area contributed by atoms with E-state index in [1.165, 1.54) is 25.6 Å². The summed E-state index contributed by atoms with van der Waals surface area (Å²) in [6, 6.07) is 0. The Kier molecular flexibility index (Phi) is 5.23. The van der Waals surface area contributed by atoms with Gasteiger partial charge in [0.05, 0.1) is 6.20 Å². The maximum absolute atomic E-state index is 12.5. The number of hydrogen-bond acceptors (Lipinski definition) is 5. The minimum atomic E-state index is -0.190. The van der Waals surface area contributed by atoms with E-state index in [-0.39, 0.29) is 11.4 Å². The van der Waals surface area contributed by atoms with Crippen molar-refractivity contribution in [1.29, 1.82) is 0 Å². The lowest BCUT2D eigenvalue weighted by molar-refractivity contribution is 0.0692. The van der Waals surface area contributed by atoms with Gasteiger partial charge in [0.15, 0.2) is 0 Å². The zero-order chi connectivity index (χ0) is 16.1. The molecule has 126 valence electrons. The summed E-state index contributed by atoms with van der Waals surface area (Å²) in [4.78, 5) is 23.1. The molecule has 23 heavy (non-hydrogen) atoms. The molecule has 1 saturated carbocycles. The van der Waals surface area contributed by atoms with E-state index < -0.39 is 0 Å². The zero-order valence-electron chi connectivity index (χ0n) is 13.8. The number of rotatable bonds is 7. The minimum absolute atomic E-state index is 0.134. The lowest BCUT2D eigenvalue weighted by atomic mass is 9.84. The number of aromatic nitrogens is 2. The van der Waals surface area contributed by atoms with Crippen molar-refractivity contribution < 1.29 is 9.53 Å². The van der Waals surface area contributed by atoms with E-state index in [1.807, 2.05) is 0 Å². The third-order valence-electron chi connectivity index (χ3n) is 4.99. The molecule has 0 atom stereocenters. The first kappa shape index (κ1) is 16.3. The van der Waals surface area contributed by atoms with Gasteiger partial charge in [0.2, 0.25) is 0 Å². The van der Waals surface area contributed by atoms with Gasteiger partial charge in [-0.2, -0.15) is 0 Å². The predicted octanol–water partition coefficient (Wildman–Crippen LogP) is 1.49. The van der Waals surface area contributed by atoms with Crippen LogP contribution < -0.4 is 5.32 Å². The van der Waals surface area contributed by atoms with Crippen molar-refractivity contribution in [3.63, 3.8) is 0 Å². The Labute approximate surface area is 137 Å². The Morgan fingerprint density at radius 2 is 2.17 bits per heavy atom. The van der Waals surface area contributed by atoms with Crippen LogP contribution in [0.1, 0.15) is 42.6 Å². The molecule has 1 aliphatic heterocycles. The van der Waals surface area contributed by atoms with Gasteiger partial charge in [-0.05, 0) is 38.0 Å². The predicted molar refractivity (Wildman–Crippen MR) is 87.1 cm³/mol. The normalized spacial score (nSPS) is 21.1. The van der Waals surface area contributed by atoms with Crippen molar-refractivity contribution in [2.45, 2.75) is 37.6 Å². The third kappa shape index (κ3) is 4.48. The molecule has 0 aromatic carbocycles. The summed E-state index contributed by atoms with van der Waals surface area (Å²) in [5.41, 5.74) is 0.190. The molecule has 1 saturated heterocycles. The second kappa shape index (κ2) is 7.36. The summed E-state index contributed by atoms with van der Waals surface area (Å²) in [7, 11) is 1.71.